The number of esters is 4. The van der Waals surface area contributed by atoms with Gasteiger partial charge in [-0.15, -0.1) is 0 Å². The number of aliphatic hydroxyl groups excluding tert-OH is 2. The van der Waals surface area contributed by atoms with Gasteiger partial charge in [-0.05, 0) is 49.0 Å². The number of fused-ring (bicyclic) bond motifs is 10. The molecule has 0 bridgehead atoms. The molecule has 6 N–H and O–H groups in total. The van der Waals surface area contributed by atoms with Gasteiger partial charge in [0.25, 0.3) is 0 Å². The first-order chi connectivity index (χ1) is 31.5. The number of Topliss-reactive ketones (excluding diaryl/α,β-unsaturated/α-hetero) is 2. The number of hydrogen-bond donors (Lipinski definition) is 6. The highest BCUT2D eigenvalue weighted by molar-refractivity contribution is 6.05. The molecule has 8 aliphatic rings. The van der Waals surface area contributed by atoms with Crippen molar-refractivity contribution >= 4 is 35.4 Å². The van der Waals surface area contributed by atoms with E-state index in [1.807, 2.05) is 27.7 Å². The minimum Gasteiger partial charge on any atom is -0.458 e. The predicted octanol–water partition coefficient (Wildman–Crippen LogP) is 3.46. The first-order valence-electron chi connectivity index (χ1n) is 24.3. The Hall–Kier alpha value is -4.06. The normalized spacial score (nSPS) is 44.3. The fraction of sp³-hybridized carbons (Fsp3) is 0.731. The first-order valence-corrected chi connectivity index (χ1v) is 24.3. The maximum absolute atomic E-state index is 13.8. The Kier molecular flexibility index (Phi) is 12.0. The van der Waals surface area contributed by atoms with E-state index >= 15 is 0 Å². The Morgan fingerprint density at radius 2 is 0.926 bits per heavy atom. The summed E-state index contributed by atoms with van der Waals surface area (Å²) in [5, 5.41) is 70.6. The van der Waals surface area contributed by atoms with Crippen LogP contribution in [0.3, 0.4) is 0 Å². The van der Waals surface area contributed by atoms with Crippen molar-refractivity contribution in [2.75, 3.05) is 13.2 Å². The summed E-state index contributed by atoms with van der Waals surface area (Å²) in [7, 11) is 0. The summed E-state index contributed by atoms with van der Waals surface area (Å²) in [4.78, 5) is 80.1. The number of ketones is 2. The number of carbonyl (C=O) groups excluding carboxylic acids is 6. The van der Waals surface area contributed by atoms with Gasteiger partial charge in [0.2, 0.25) is 0 Å². The van der Waals surface area contributed by atoms with Gasteiger partial charge in [-0.25, -0.2) is 0 Å². The molecule has 16 atom stereocenters. The van der Waals surface area contributed by atoms with Gasteiger partial charge in [-0.1, -0.05) is 78.7 Å². The van der Waals surface area contributed by atoms with Gasteiger partial charge >= 0.3 is 23.9 Å². The minimum absolute atomic E-state index is 0.0483. The number of carbonyl (C=O) groups is 6. The Bertz CT molecular complexity index is 2180. The molecule has 0 unspecified atom stereocenters. The van der Waals surface area contributed by atoms with Crippen LogP contribution in [0.5, 0.6) is 0 Å². The van der Waals surface area contributed by atoms with Gasteiger partial charge in [0, 0.05) is 97.7 Å². The second-order valence-corrected chi connectivity index (χ2v) is 22.8. The van der Waals surface area contributed by atoms with Crippen molar-refractivity contribution < 1.29 is 78.4 Å². The molecule has 68 heavy (non-hydrogen) atoms. The molecule has 374 valence electrons. The van der Waals surface area contributed by atoms with Crippen LogP contribution in [0.2, 0.25) is 0 Å². The third kappa shape index (κ3) is 6.58. The fourth-order valence-corrected chi connectivity index (χ4v) is 15.4. The number of unbranched alkanes of at least 4 members (excludes halogenated alkanes) is 3. The van der Waals surface area contributed by atoms with Crippen LogP contribution in [0.1, 0.15) is 121 Å². The topological polar surface area (TPSA) is 261 Å². The molecule has 0 heterocycles. The molecular weight excluding hydrogens is 881 g/mol. The fourth-order valence-electron chi connectivity index (χ4n) is 15.4. The Morgan fingerprint density at radius 3 is 1.24 bits per heavy atom. The van der Waals surface area contributed by atoms with Crippen molar-refractivity contribution in [3.05, 3.63) is 46.6 Å². The maximum Gasteiger partial charge on any atom is 0.306 e. The van der Waals surface area contributed by atoms with Gasteiger partial charge in [-0.2, -0.15) is 0 Å². The second kappa shape index (κ2) is 16.2. The van der Waals surface area contributed by atoms with Crippen LogP contribution in [0.15, 0.2) is 46.6 Å². The SMILES string of the molecule is CC(=O)O[C@@]12[C@H](OC(=O)CCCCCCC(=O)O[C@@H]3[C@@H](C)[C@@]4(O)[C@@H](C=C(CO)C[C@]5(O)C(=O)C(C)=C[C@@H]45)[C@@H]4C(C)(C)[C@]34OC(C)=O)[C@@H](C)[C@@]3(O)[C@@H](C=C(CO)C[C@]4(O)C(=O)C(C)=C[C@@H]34)[C@@H]1C2(C)C. The molecule has 0 saturated heterocycles. The van der Waals surface area contributed by atoms with Crippen LogP contribution in [-0.2, 0) is 47.7 Å². The first kappa shape index (κ1) is 50.3. The van der Waals surface area contributed by atoms with Crippen LogP contribution >= 0.6 is 0 Å². The van der Waals surface area contributed by atoms with E-state index in [0.717, 1.165) is 0 Å². The van der Waals surface area contributed by atoms with Crippen molar-refractivity contribution in [2.24, 2.45) is 58.2 Å². The van der Waals surface area contributed by atoms with Crippen molar-refractivity contribution in [3.63, 3.8) is 0 Å². The van der Waals surface area contributed by atoms with Crippen LogP contribution in [-0.4, -0.2) is 125 Å². The van der Waals surface area contributed by atoms with Crippen LogP contribution in [0, 0.1) is 58.2 Å². The highest BCUT2D eigenvalue weighted by Gasteiger charge is 2.89. The van der Waals surface area contributed by atoms with Crippen molar-refractivity contribution in [3.8, 4) is 0 Å². The largest absolute Gasteiger partial charge is 0.458 e. The third-order valence-electron chi connectivity index (χ3n) is 18.6. The maximum atomic E-state index is 13.8. The standard InChI is InChI=1S/C52H70O16/c1-25-17-35-47(61,41(25)59)21-31(23-53)19-33-39-45(7,8)51(39,67-29(5)55)43(27(3)49(33,35)63)65-37(57)15-13-11-12-14-16-38(58)66-44-28(4)50(64)34(40-46(9,10)52(40,44)68-30(6)56)20-32(24-54)22-48(62)36(50)18-26(2)42(48)60/h17-20,27-28,33-36,39-40,43-44,53-54,61-64H,11-16,21-24H2,1-10H3/t27-,28-,33+,34+,35-,36-,39-,40-,43-,44-,47-,48-,49-,50-,51-,52-/m1/s1. The molecule has 16 nitrogen and oxygen atoms in total. The monoisotopic (exact) mass is 950 g/mol. The molecule has 0 aromatic carbocycles. The lowest BCUT2D eigenvalue weighted by Crippen LogP contribution is -2.66. The summed E-state index contributed by atoms with van der Waals surface area (Å²) in [5.74, 6) is -10.5. The Morgan fingerprint density at radius 1 is 0.588 bits per heavy atom. The molecule has 8 aliphatic carbocycles. The van der Waals surface area contributed by atoms with E-state index < -0.39 is 153 Å². The Labute approximate surface area is 397 Å². The molecule has 16 heteroatoms. The van der Waals surface area contributed by atoms with E-state index in [-0.39, 0.29) is 36.8 Å². The summed E-state index contributed by atoms with van der Waals surface area (Å²) < 4.78 is 24.7. The molecule has 0 radical (unpaired) electrons. The van der Waals surface area contributed by atoms with Crippen molar-refractivity contribution in [1.82, 2.24) is 0 Å². The van der Waals surface area contributed by atoms with Crippen molar-refractivity contribution in [2.45, 2.75) is 166 Å². The van der Waals surface area contributed by atoms with E-state index in [4.69, 9.17) is 18.9 Å². The van der Waals surface area contributed by atoms with Gasteiger partial charge in [0.05, 0.1) is 24.4 Å². The average Bonchev–Trinajstić information content (AvgIpc) is 3.88. The number of rotatable bonds is 13. The van der Waals surface area contributed by atoms with E-state index in [0.29, 0.717) is 36.8 Å². The molecule has 0 aromatic rings. The van der Waals surface area contributed by atoms with Crippen LogP contribution < -0.4 is 0 Å². The molecule has 4 fully saturated rings. The zero-order valence-corrected chi connectivity index (χ0v) is 40.9. The number of ether oxygens (including phenoxy) is 4. The third-order valence-corrected chi connectivity index (χ3v) is 18.6. The molecule has 8 rings (SSSR count). The van der Waals surface area contributed by atoms with E-state index in [9.17, 15) is 59.4 Å². The van der Waals surface area contributed by atoms with Crippen molar-refractivity contribution in [1.29, 1.82) is 0 Å². The summed E-state index contributed by atoms with van der Waals surface area (Å²) in [6, 6.07) is 0. The summed E-state index contributed by atoms with van der Waals surface area (Å²) in [5.41, 5.74) is -10.9. The van der Waals surface area contributed by atoms with Gasteiger partial charge < -0.3 is 49.6 Å². The molecule has 0 aromatic heterocycles. The van der Waals surface area contributed by atoms with E-state index in [2.05, 4.69) is 0 Å². The zero-order chi connectivity index (χ0) is 50.3. The lowest BCUT2D eigenvalue weighted by Gasteiger charge is -2.53. The van der Waals surface area contributed by atoms with Crippen LogP contribution in [0.25, 0.3) is 0 Å². The summed E-state index contributed by atoms with van der Waals surface area (Å²) in [6.07, 6.45) is 5.43. The minimum atomic E-state index is -2.05. The summed E-state index contributed by atoms with van der Waals surface area (Å²) >= 11 is 0. The smallest absolute Gasteiger partial charge is 0.306 e. The molecule has 0 amide bonds. The zero-order valence-electron chi connectivity index (χ0n) is 40.9. The predicted molar refractivity (Wildman–Crippen MR) is 240 cm³/mol. The Balaban J connectivity index is 0.941. The van der Waals surface area contributed by atoms with E-state index in [1.165, 1.54) is 13.8 Å². The number of hydrogen-bond acceptors (Lipinski definition) is 16. The number of aliphatic hydroxyl groups is 6. The van der Waals surface area contributed by atoms with Gasteiger partial charge in [0.15, 0.2) is 22.8 Å². The molecule has 4 saturated carbocycles. The van der Waals surface area contributed by atoms with Gasteiger partial charge in [0.1, 0.15) is 23.4 Å². The highest BCUT2D eigenvalue weighted by Crippen LogP contribution is 2.78. The second-order valence-electron chi connectivity index (χ2n) is 22.8. The lowest BCUT2D eigenvalue weighted by atomic mass is 9.59. The quantitative estimate of drug-likeness (QED) is 0.0669. The summed E-state index contributed by atoms with van der Waals surface area (Å²) in [6.45, 7) is 15.5. The van der Waals surface area contributed by atoms with Crippen LogP contribution in [0.4, 0.5) is 0 Å². The molecule has 0 spiro atoms. The van der Waals surface area contributed by atoms with E-state index in [1.54, 1.807) is 52.0 Å². The highest BCUT2D eigenvalue weighted by atomic mass is 16.6. The lowest BCUT2D eigenvalue weighted by molar-refractivity contribution is -0.228. The van der Waals surface area contributed by atoms with Gasteiger partial charge in [-0.3, -0.25) is 28.8 Å². The molecule has 0 aliphatic heterocycles. The molecular formula is C52H70O16. The average molecular weight is 951 g/mol.